The molecule has 0 rings (SSSR count). The molecule has 13 heavy (non-hydrogen) atoms. The molecule has 0 saturated carbocycles. The van der Waals surface area contributed by atoms with Gasteiger partial charge < -0.3 is 6.58 Å². The summed E-state index contributed by atoms with van der Waals surface area (Å²) in [6.45, 7) is 7.54. The molecule has 0 N–H and O–H groups in total. The van der Waals surface area contributed by atoms with E-state index < -0.39 is 0 Å². The van der Waals surface area contributed by atoms with Gasteiger partial charge in [0.05, 0.1) is 0 Å². The van der Waals surface area contributed by atoms with Crippen LogP contribution in [0.15, 0.2) is 6.08 Å². The molecule has 0 aromatic carbocycles. The van der Waals surface area contributed by atoms with Gasteiger partial charge in [-0.05, 0) is 0 Å². The van der Waals surface area contributed by atoms with Crippen LogP contribution in [-0.4, -0.2) is 0 Å². The zero-order valence-corrected chi connectivity index (χ0v) is 11.5. The Morgan fingerprint density at radius 1 is 0.846 bits per heavy atom. The van der Waals surface area contributed by atoms with Gasteiger partial charge in [-0.1, -0.05) is 64.7 Å². The molecule has 0 aliphatic heterocycles. The van der Waals surface area contributed by atoms with Crippen molar-refractivity contribution in [3.05, 3.63) is 12.7 Å². The molecule has 0 bridgehead atoms. The van der Waals surface area contributed by atoms with Gasteiger partial charge in [-0.3, -0.25) is 6.08 Å². The van der Waals surface area contributed by atoms with Gasteiger partial charge in [0.25, 0.3) is 0 Å². The molecule has 0 aliphatic rings. The maximum absolute atomic E-state index is 5.28. The number of allylic oxidation sites excluding steroid dienone is 1. The normalized spacial score (nSPS) is 9.31. The monoisotopic (exact) mass is 190 g/mol. The third-order valence-electron chi connectivity index (χ3n) is 2.22. The van der Waals surface area contributed by atoms with Gasteiger partial charge >= 0.3 is 29.6 Å². The Bertz CT molecular complexity index is 89.1. The minimum atomic E-state index is 0. The summed E-state index contributed by atoms with van der Waals surface area (Å²) in [5.74, 6) is 0. The average Bonchev–Trinajstić information content (AvgIpc) is 2.10. The molecule has 0 unspecified atom stereocenters. The van der Waals surface area contributed by atoms with Gasteiger partial charge in [-0.15, -0.1) is 0 Å². The largest absolute Gasteiger partial charge is 1.00 e. The topological polar surface area (TPSA) is 0 Å². The molecule has 0 amide bonds. The Morgan fingerprint density at radius 3 is 1.77 bits per heavy atom. The van der Waals surface area contributed by atoms with Crippen molar-refractivity contribution in [2.45, 2.75) is 64.7 Å². The van der Waals surface area contributed by atoms with Gasteiger partial charge in [-0.2, -0.15) is 0 Å². The fraction of sp³-hybridized carbons (Fsp3) is 0.833. The summed E-state index contributed by atoms with van der Waals surface area (Å²) in [4.78, 5) is 0. The fourth-order valence-corrected chi connectivity index (χ4v) is 1.40. The number of hydrogen-bond donors (Lipinski definition) is 0. The molecule has 0 saturated heterocycles. The summed E-state index contributed by atoms with van der Waals surface area (Å²) in [5.41, 5.74) is 0. The third kappa shape index (κ3) is 15.5. The Hall–Kier alpha value is 0.740. The van der Waals surface area contributed by atoms with E-state index >= 15 is 0 Å². The smallest absolute Gasteiger partial charge is 0.518 e. The van der Waals surface area contributed by atoms with Crippen LogP contribution in [0.5, 0.6) is 0 Å². The number of unbranched alkanes of at least 4 members (excludes halogenated alkanes) is 8. The summed E-state index contributed by atoms with van der Waals surface area (Å²) >= 11 is 0. The number of hydrogen-bond acceptors (Lipinski definition) is 0. The van der Waals surface area contributed by atoms with E-state index in [0.29, 0.717) is 0 Å². The van der Waals surface area contributed by atoms with Crippen LogP contribution >= 0.6 is 0 Å². The summed E-state index contributed by atoms with van der Waals surface area (Å²) < 4.78 is 0. The Kier molecular flexibility index (Phi) is 18.9. The van der Waals surface area contributed by atoms with Gasteiger partial charge in [0.1, 0.15) is 0 Å². The average molecular weight is 190 g/mol. The van der Waals surface area contributed by atoms with Crippen LogP contribution in [0, 0.1) is 6.58 Å². The molecular formula is C12H23Na. The summed E-state index contributed by atoms with van der Waals surface area (Å²) in [6.07, 6.45) is 14.0. The van der Waals surface area contributed by atoms with Crippen LogP contribution in [-0.2, 0) is 0 Å². The van der Waals surface area contributed by atoms with E-state index in [1.165, 1.54) is 51.4 Å². The molecule has 0 aromatic rings. The molecule has 72 valence electrons. The standard InChI is InChI=1S/C12H23.Na/c1-3-5-7-9-11-12-10-8-6-4-2;/h1,3H,4-12H2,2H3;/q-1;+1. The Balaban J connectivity index is 0. The van der Waals surface area contributed by atoms with Crippen molar-refractivity contribution in [3.8, 4) is 0 Å². The number of rotatable bonds is 9. The molecule has 0 spiro atoms. The zero-order chi connectivity index (χ0) is 9.07. The first-order valence-corrected chi connectivity index (χ1v) is 5.45. The summed E-state index contributed by atoms with van der Waals surface area (Å²) in [7, 11) is 0. The van der Waals surface area contributed by atoms with Crippen LogP contribution in [0.25, 0.3) is 0 Å². The minimum Gasteiger partial charge on any atom is -0.518 e. The van der Waals surface area contributed by atoms with E-state index in [2.05, 4.69) is 6.92 Å². The van der Waals surface area contributed by atoms with Crippen molar-refractivity contribution in [2.75, 3.05) is 0 Å². The van der Waals surface area contributed by atoms with E-state index in [-0.39, 0.29) is 29.6 Å². The van der Waals surface area contributed by atoms with Crippen LogP contribution in [0.4, 0.5) is 0 Å². The van der Waals surface area contributed by atoms with Crippen molar-refractivity contribution >= 4 is 0 Å². The van der Waals surface area contributed by atoms with Crippen LogP contribution in [0.2, 0.25) is 0 Å². The van der Waals surface area contributed by atoms with Gasteiger partial charge in [0.15, 0.2) is 0 Å². The Morgan fingerprint density at radius 2 is 1.31 bits per heavy atom. The molecule has 0 nitrogen and oxygen atoms in total. The van der Waals surface area contributed by atoms with Crippen LogP contribution in [0.3, 0.4) is 0 Å². The summed E-state index contributed by atoms with van der Waals surface area (Å²) in [6, 6.07) is 0. The van der Waals surface area contributed by atoms with Crippen molar-refractivity contribution in [1.82, 2.24) is 0 Å². The Labute approximate surface area is 106 Å². The summed E-state index contributed by atoms with van der Waals surface area (Å²) in [5, 5.41) is 0. The van der Waals surface area contributed by atoms with Crippen molar-refractivity contribution in [3.63, 3.8) is 0 Å². The molecule has 0 aromatic heterocycles. The predicted octanol–water partition coefficient (Wildman–Crippen LogP) is 1.51. The van der Waals surface area contributed by atoms with Crippen LogP contribution < -0.4 is 29.6 Å². The van der Waals surface area contributed by atoms with E-state index in [4.69, 9.17) is 6.58 Å². The van der Waals surface area contributed by atoms with E-state index in [1.807, 2.05) is 0 Å². The van der Waals surface area contributed by atoms with E-state index in [1.54, 1.807) is 6.08 Å². The van der Waals surface area contributed by atoms with Gasteiger partial charge in [-0.25, -0.2) is 0 Å². The van der Waals surface area contributed by atoms with E-state index in [0.717, 1.165) is 6.42 Å². The second kappa shape index (κ2) is 15.2. The molecule has 1 heteroatoms. The van der Waals surface area contributed by atoms with Crippen LogP contribution in [0.1, 0.15) is 64.7 Å². The van der Waals surface area contributed by atoms with Gasteiger partial charge in [0, 0.05) is 0 Å². The molecular weight excluding hydrogens is 167 g/mol. The van der Waals surface area contributed by atoms with Crippen molar-refractivity contribution in [1.29, 1.82) is 0 Å². The second-order valence-electron chi connectivity index (χ2n) is 3.50. The van der Waals surface area contributed by atoms with Gasteiger partial charge in [0.2, 0.25) is 0 Å². The SMILES string of the molecule is [CH-]=CCCCCCCCCCC.[Na+]. The molecule has 0 radical (unpaired) electrons. The molecule has 0 aliphatic carbocycles. The van der Waals surface area contributed by atoms with Crippen molar-refractivity contribution < 1.29 is 29.6 Å². The first kappa shape index (κ1) is 16.2. The quantitative estimate of drug-likeness (QED) is 0.294. The first-order chi connectivity index (χ1) is 5.91. The first-order valence-electron chi connectivity index (χ1n) is 5.45. The maximum atomic E-state index is 5.28. The minimum absolute atomic E-state index is 0. The van der Waals surface area contributed by atoms with Crippen molar-refractivity contribution in [2.24, 2.45) is 0 Å². The molecule has 0 fully saturated rings. The predicted molar refractivity (Wildman–Crippen MR) is 56.1 cm³/mol. The second-order valence-corrected chi connectivity index (χ2v) is 3.50. The molecule has 0 atom stereocenters. The third-order valence-corrected chi connectivity index (χ3v) is 2.22. The fourth-order valence-electron chi connectivity index (χ4n) is 1.40. The van der Waals surface area contributed by atoms with E-state index in [9.17, 15) is 0 Å². The maximum Gasteiger partial charge on any atom is 1.00 e. The molecule has 0 heterocycles. The zero-order valence-electron chi connectivity index (χ0n) is 9.52.